The van der Waals surface area contributed by atoms with E-state index in [0.717, 1.165) is 49.6 Å². The van der Waals surface area contributed by atoms with Gasteiger partial charge in [0.05, 0.1) is 6.42 Å². The van der Waals surface area contributed by atoms with Gasteiger partial charge in [-0.1, -0.05) is 25.3 Å². The van der Waals surface area contributed by atoms with Crippen LogP contribution in [0, 0.1) is 5.41 Å². The number of benzene rings is 1. The number of hydrogen-bond donors (Lipinski definition) is 2. The third kappa shape index (κ3) is 4.27. The van der Waals surface area contributed by atoms with Gasteiger partial charge < -0.3 is 20.4 Å². The summed E-state index contributed by atoms with van der Waals surface area (Å²) in [6.07, 6.45) is 8.97. The number of esters is 1. The maximum Gasteiger partial charge on any atom is 0.311 e. The lowest BCUT2D eigenvalue weighted by Crippen LogP contribution is -2.36. The van der Waals surface area contributed by atoms with E-state index in [0.29, 0.717) is 18.7 Å². The van der Waals surface area contributed by atoms with Crippen molar-refractivity contribution in [1.29, 1.82) is 0 Å². The number of nitrogens with one attached hydrogen (secondary N) is 1. The van der Waals surface area contributed by atoms with Gasteiger partial charge >= 0.3 is 5.97 Å². The number of fused-ring (bicyclic) bond motifs is 1. The molecule has 142 valence electrons. The fourth-order valence-corrected chi connectivity index (χ4v) is 4.07. The zero-order valence-corrected chi connectivity index (χ0v) is 16.0. The van der Waals surface area contributed by atoms with Crippen LogP contribution in [0.5, 0.6) is 5.75 Å². The highest BCUT2D eigenvalue weighted by Crippen LogP contribution is 2.39. The standard InChI is InChI=1S/C21H31N3O2/c1-24(2)12-9-16-14-23-17-7-6-8-18(20(16)17)26-19(25)13-21(15-22)10-4-3-5-11-21/h6-8,14,23H,3-5,9-13,15,22H2,1-2H3. The zero-order valence-electron chi connectivity index (χ0n) is 16.0. The van der Waals surface area contributed by atoms with Crippen molar-refractivity contribution in [2.24, 2.45) is 11.1 Å². The first-order chi connectivity index (χ1) is 12.5. The smallest absolute Gasteiger partial charge is 0.311 e. The molecular formula is C21H31N3O2. The maximum atomic E-state index is 12.7. The molecule has 0 saturated heterocycles. The summed E-state index contributed by atoms with van der Waals surface area (Å²) in [6, 6.07) is 5.84. The molecule has 1 aliphatic carbocycles. The molecule has 0 aliphatic heterocycles. The summed E-state index contributed by atoms with van der Waals surface area (Å²) in [7, 11) is 4.12. The molecule has 26 heavy (non-hydrogen) atoms. The molecule has 3 N–H and O–H groups in total. The number of aromatic amines is 1. The number of nitrogens with zero attached hydrogens (tertiary/aromatic N) is 1. The first-order valence-corrected chi connectivity index (χ1v) is 9.67. The van der Waals surface area contributed by atoms with Crippen LogP contribution in [0.25, 0.3) is 10.9 Å². The van der Waals surface area contributed by atoms with Crippen LogP contribution in [0.4, 0.5) is 0 Å². The Morgan fingerprint density at radius 1 is 1.27 bits per heavy atom. The summed E-state index contributed by atoms with van der Waals surface area (Å²) in [6.45, 7) is 1.51. The van der Waals surface area contributed by atoms with Crippen molar-refractivity contribution in [1.82, 2.24) is 9.88 Å². The Labute approximate surface area is 155 Å². The number of nitrogens with two attached hydrogens (primary N) is 1. The van der Waals surface area contributed by atoms with Gasteiger partial charge in [-0.25, -0.2) is 0 Å². The molecular weight excluding hydrogens is 326 g/mol. The van der Waals surface area contributed by atoms with Crippen molar-refractivity contribution < 1.29 is 9.53 Å². The maximum absolute atomic E-state index is 12.7. The molecule has 1 aromatic heterocycles. The van der Waals surface area contributed by atoms with Gasteiger partial charge in [-0.3, -0.25) is 4.79 Å². The average molecular weight is 357 g/mol. The van der Waals surface area contributed by atoms with Gasteiger partial charge in [-0.2, -0.15) is 0 Å². The van der Waals surface area contributed by atoms with Crippen LogP contribution in [0.2, 0.25) is 0 Å². The number of ether oxygens (including phenoxy) is 1. The van der Waals surface area contributed by atoms with E-state index in [-0.39, 0.29) is 11.4 Å². The highest BCUT2D eigenvalue weighted by atomic mass is 16.5. The molecule has 1 aromatic carbocycles. The number of hydrogen-bond acceptors (Lipinski definition) is 4. The van der Waals surface area contributed by atoms with E-state index < -0.39 is 0 Å². The molecule has 0 atom stereocenters. The van der Waals surface area contributed by atoms with Gasteiger partial charge in [0.1, 0.15) is 5.75 Å². The molecule has 1 aliphatic rings. The lowest BCUT2D eigenvalue weighted by Gasteiger charge is -2.35. The van der Waals surface area contributed by atoms with E-state index in [1.165, 1.54) is 12.0 Å². The first-order valence-electron chi connectivity index (χ1n) is 9.67. The van der Waals surface area contributed by atoms with Gasteiger partial charge in [0.2, 0.25) is 0 Å². The van der Waals surface area contributed by atoms with Crippen molar-refractivity contribution in [2.45, 2.75) is 44.9 Å². The molecule has 5 nitrogen and oxygen atoms in total. The lowest BCUT2D eigenvalue weighted by molar-refractivity contribution is -0.137. The van der Waals surface area contributed by atoms with Gasteiger partial charge in [0.25, 0.3) is 0 Å². The van der Waals surface area contributed by atoms with Crippen molar-refractivity contribution in [3.63, 3.8) is 0 Å². The molecule has 0 bridgehead atoms. The summed E-state index contributed by atoms with van der Waals surface area (Å²) in [4.78, 5) is 18.1. The summed E-state index contributed by atoms with van der Waals surface area (Å²) in [5, 5.41) is 1.02. The van der Waals surface area contributed by atoms with Crippen molar-refractivity contribution in [2.75, 3.05) is 27.2 Å². The lowest BCUT2D eigenvalue weighted by atomic mass is 9.72. The average Bonchev–Trinajstić information content (AvgIpc) is 3.05. The van der Waals surface area contributed by atoms with Crippen LogP contribution < -0.4 is 10.5 Å². The minimum absolute atomic E-state index is 0.0743. The predicted octanol–water partition coefficient (Wildman–Crippen LogP) is 3.48. The van der Waals surface area contributed by atoms with E-state index in [9.17, 15) is 4.79 Å². The summed E-state index contributed by atoms with van der Waals surface area (Å²) >= 11 is 0. The summed E-state index contributed by atoms with van der Waals surface area (Å²) < 4.78 is 5.83. The highest BCUT2D eigenvalue weighted by Gasteiger charge is 2.34. The minimum atomic E-state index is -0.162. The molecule has 3 rings (SSSR count). The molecule has 1 saturated carbocycles. The molecule has 0 spiro atoms. The third-order valence-corrected chi connectivity index (χ3v) is 5.67. The molecule has 2 aromatic rings. The van der Waals surface area contributed by atoms with Gasteiger partial charge in [0, 0.05) is 23.6 Å². The van der Waals surface area contributed by atoms with E-state index >= 15 is 0 Å². The highest BCUT2D eigenvalue weighted by molar-refractivity contribution is 5.91. The van der Waals surface area contributed by atoms with Crippen LogP contribution in [0.15, 0.2) is 24.4 Å². The Morgan fingerprint density at radius 3 is 2.73 bits per heavy atom. The monoisotopic (exact) mass is 357 g/mol. The van der Waals surface area contributed by atoms with E-state index in [1.807, 2.05) is 24.4 Å². The van der Waals surface area contributed by atoms with Gasteiger partial charge in [-0.05, 0) is 63.0 Å². The third-order valence-electron chi connectivity index (χ3n) is 5.67. The fourth-order valence-electron chi connectivity index (χ4n) is 4.07. The van der Waals surface area contributed by atoms with Crippen LogP contribution in [-0.4, -0.2) is 43.0 Å². The van der Waals surface area contributed by atoms with E-state index in [4.69, 9.17) is 10.5 Å². The Hall–Kier alpha value is -1.85. The van der Waals surface area contributed by atoms with Crippen molar-refractivity contribution in [3.8, 4) is 5.75 Å². The minimum Gasteiger partial charge on any atom is -0.426 e. The Morgan fingerprint density at radius 2 is 2.04 bits per heavy atom. The van der Waals surface area contributed by atoms with Gasteiger partial charge in [0.15, 0.2) is 0 Å². The summed E-state index contributed by atoms with van der Waals surface area (Å²) in [5.41, 5.74) is 8.15. The predicted molar refractivity (Wildman–Crippen MR) is 105 cm³/mol. The Kier molecular flexibility index (Phi) is 5.99. The van der Waals surface area contributed by atoms with Crippen LogP contribution in [0.3, 0.4) is 0 Å². The second-order valence-electron chi connectivity index (χ2n) is 7.96. The van der Waals surface area contributed by atoms with E-state index in [2.05, 4.69) is 24.0 Å². The largest absolute Gasteiger partial charge is 0.426 e. The molecule has 0 radical (unpaired) electrons. The fraction of sp³-hybridized carbons (Fsp3) is 0.571. The van der Waals surface area contributed by atoms with Crippen molar-refractivity contribution in [3.05, 3.63) is 30.0 Å². The molecule has 5 heteroatoms. The topological polar surface area (TPSA) is 71.3 Å². The van der Waals surface area contributed by atoms with Crippen LogP contribution in [-0.2, 0) is 11.2 Å². The second-order valence-corrected chi connectivity index (χ2v) is 7.96. The number of H-pyrrole nitrogens is 1. The summed E-state index contributed by atoms with van der Waals surface area (Å²) in [5.74, 6) is 0.495. The number of carbonyl (C=O) groups is 1. The van der Waals surface area contributed by atoms with Crippen LogP contribution >= 0.6 is 0 Å². The molecule has 0 unspecified atom stereocenters. The number of rotatable bonds is 7. The van der Waals surface area contributed by atoms with E-state index in [1.54, 1.807) is 0 Å². The van der Waals surface area contributed by atoms with Crippen molar-refractivity contribution >= 4 is 16.9 Å². The quantitative estimate of drug-likeness (QED) is 0.588. The number of aromatic nitrogens is 1. The number of likely N-dealkylation sites (N-methyl/N-ethyl adjacent to an activating group) is 1. The Balaban J connectivity index is 1.77. The van der Waals surface area contributed by atoms with Crippen LogP contribution in [0.1, 0.15) is 44.1 Å². The normalized spacial score (nSPS) is 16.9. The molecule has 1 fully saturated rings. The second kappa shape index (κ2) is 8.23. The SMILES string of the molecule is CN(C)CCc1c[nH]c2cccc(OC(=O)CC3(CN)CCCCC3)c12. The molecule has 0 amide bonds. The zero-order chi connectivity index (χ0) is 18.6. The first kappa shape index (κ1) is 18.9. The Bertz CT molecular complexity index is 745. The molecule has 1 heterocycles. The van der Waals surface area contributed by atoms with Gasteiger partial charge in [-0.15, -0.1) is 0 Å². The number of carbonyl (C=O) groups excluding carboxylic acids is 1.